The third-order valence-corrected chi connectivity index (χ3v) is 5.08. The van der Waals surface area contributed by atoms with Crippen molar-refractivity contribution in [3.8, 4) is 0 Å². The van der Waals surface area contributed by atoms with Crippen LogP contribution in [0.5, 0.6) is 0 Å². The summed E-state index contributed by atoms with van der Waals surface area (Å²) in [6.07, 6.45) is 0. The van der Waals surface area contributed by atoms with Gasteiger partial charge in [0.2, 0.25) is 10.0 Å². The van der Waals surface area contributed by atoms with E-state index in [1.165, 1.54) is 23.5 Å². The maximum absolute atomic E-state index is 12.5. The first kappa shape index (κ1) is 15.8. The predicted octanol–water partition coefficient (Wildman–Crippen LogP) is 2.45. The number of benzene rings is 2. The molecule has 0 aromatic heterocycles. The summed E-state index contributed by atoms with van der Waals surface area (Å²) < 4.78 is 26.2. The fraction of sp³-hybridized carbons (Fsp3) is 0.143. The first-order valence-corrected chi connectivity index (χ1v) is 8.03. The van der Waals surface area contributed by atoms with Crippen molar-refractivity contribution in [2.45, 2.75) is 11.4 Å². The van der Waals surface area contributed by atoms with E-state index >= 15 is 0 Å². The van der Waals surface area contributed by atoms with Gasteiger partial charge in [-0.2, -0.15) is 4.31 Å². The molecule has 3 N–H and O–H groups in total. The number of nitrogen functional groups attached to an aromatic ring is 1. The van der Waals surface area contributed by atoms with Crippen molar-refractivity contribution in [3.05, 3.63) is 59.1 Å². The number of rotatable bonds is 5. The van der Waals surface area contributed by atoms with Gasteiger partial charge in [-0.05, 0) is 42.0 Å². The van der Waals surface area contributed by atoms with Crippen LogP contribution < -0.4 is 11.3 Å². The highest BCUT2D eigenvalue weighted by atomic mass is 35.5. The summed E-state index contributed by atoms with van der Waals surface area (Å²) in [5.74, 6) is 5.26. The maximum Gasteiger partial charge on any atom is 0.243 e. The molecule has 2 aromatic carbocycles. The fourth-order valence-electron chi connectivity index (χ4n) is 1.88. The summed E-state index contributed by atoms with van der Waals surface area (Å²) in [5.41, 5.74) is 3.93. The van der Waals surface area contributed by atoms with Crippen molar-refractivity contribution in [3.63, 3.8) is 0 Å². The number of nitrogens with two attached hydrogens (primary N) is 1. The smallest absolute Gasteiger partial charge is 0.243 e. The standard InChI is InChI=1S/C14H16ClN3O2S/c1-18(10-11-3-2-4-12(15)9-11)21(19,20)14-7-5-13(17-16)6-8-14/h2-9,17H,10,16H2,1H3. The number of anilines is 1. The quantitative estimate of drug-likeness (QED) is 0.654. The molecule has 7 heteroatoms. The van der Waals surface area contributed by atoms with Crippen LogP contribution in [0.4, 0.5) is 5.69 Å². The molecule has 0 unspecified atom stereocenters. The summed E-state index contributed by atoms with van der Waals surface area (Å²) in [7, 11) is -2.02. The van der Waals surface area contributed by atoms with E-state index in [4.69, 9.17) is 17.4 Å². The number of nitrogens with one attached hydrogen (secondary N) is 1. The van der Waals surface area contributed by atoms with E-state index in [0.717, 1.165) is 5.56 Å². The average molecular weight is 326 g/mol. The SMILES string of the molecule is CN(Cc1cccc(Cl)c1)S(=O)(=O)c1ccc(NN)cc1. The van der Waals surface area contributed by atoms with Crippen LogP contribution in [0.2, 0.25) is 5.02 Å². The van der Waals surface area contributed by atoms with Crippen LogP contribution >= 0.6 is 11.6 Å². The summed E-state index contributed by atoms with van der Waals surface area (Å²) >= 11 is 5.91. The molecule has 21 heavy (non-hydrogen) atoms. The molecular weight excluding hydrogens is 310 g/mol. The van der Waals surface area contributed by atoms with Gasteiger partial charge in [0.25, 0.3) is 0 Å². The van der Waals surface area contributed by atoms with Gasteiger partial charge in [-0.25, -0.2) is 8.42 Å². The first-order valence-electron chi connectivity index (χ1n) is 6.21. The lowest BCUT2D eigenvalue weighted by molar-refractivity contribution is 0.467. The molecule has 2 rings (SSSR count). The first-order chi connectivity index (χ1) is 9.93. The van der Waals surface area contributed by atoms with E-state index in [1.807, 2.05) is 6.07 Å². The third-order valence-electron chi connectivity index (χ3n) is 3.02. The molecule has 112 valence electrons. The Labute approximate surface area is 129 Å². The average Bonchev–Trinajstić information content (AvgIpc) is 2.47. The van der Waals surface area contributed by atoms with Gasteiger partial charge in [0.15, 0.2) is 0 Å². The van der Waals surface area contributed by atoms with Crippen molar-refractivity contribution >= 4 is 27.3 Å². The molecule has 0 bridgehead atoms. The molecule has 0 saturated carbocycles. The highest BCUT2D eigenvalue weighted by Crippen LogP contribution is 2.19. The van der Waals surface area contributed by atoms with Crippen LogP contribution in [0.1, 0.15) is 5.56 Å². The summed E-state index contributed by atoms with van der Waals surface area (Å²) in [6.45, 7) is 0.250. The lowest BCUT2D eigenvalue weighted by Crippen LogP contribution is -2.26. The second kappa shape index (κ2) is 6.44. The Bertz CT molecular complexity index is 717. The molecule has 0 fully saturated rings. The molecule has 0 aliphatic heterocycles. The molecule has 0 aliphatic rings. The highest BCUT2D eigenvalue weighted by molar-refractivity contribution is 7.89. The molecule has 0 atom stereocenters. The van der Waals surface area contributed by atoms with Gasteiger partial charge >= 0.3 is 0 Å². The van der Waals surface area contributed by atoms with Gasteiger partial charge in [-0.3, -0.25) is 5.84 Å². The molecule has 0 saturated heterocycles. The van der Waals surface area contributed by atoms with Crippen LogP contribution in [0.15, 0.2) is 53.4 Å². The van der Waals surface area contributed by atoms with Crippen molar-refractivity contribution < 1.29 is 8.42 Å². The van der Waals surface area contributed by atoms with Crippen LogP contribution in [0, 0.1) is 0 Å². The molecule has 0 heterocycles. The van der Waals surface area contributed by atoms with Crippen molar-refractivity contribution in [1.82, 2.24) is 4.31 Å². The number of halogens is 1. The van der Waals surface area contributed by atoms with Gasteiger partial charge in [0.1, 0.15) is 0 Å². The lowest BCUT2D eigenvalue weighted by Gasteiger charge is -2.17. The zero-order chi connectivity index (χ0) is 15.5. The Kier molecular flexibility index (Phi) is 4.84. The van der Waals surface area contributed by atoms with Gasteiger partial charge in [-0.1, -0.05) is 23.7 Å². The van der Waals surface area contributed by atoms with E-state index < -0.39 is 10.0 Å². The van der Waals surface area contributed by atoms with Crippen LogP contribution in [0.3, 0.4) is 0 Å². The maximum atomic E-state index is 12.5. The Morgan fingerprint density at radius 1 is 1.19 bits per heavy atom. The molecule has 2 aromatic rings. The molecule has 0 amide bonds. The van der Waals surface area contributed by atoms with E-state index in [2.05, 4.69) is 5.43 Å². The van der Waals surface area contributed by atoms with Gasteiger partial charge in [0.05, 0.1) is 4.90 Å². The molecule has 0 spiro atoms. The van der Waals surface area contributed by atoms with Gasteiger partial charge < -0.3 is 5.43 Å². The minimum atomic E-state index is -3.55. The topological polar surface area (TPSA) is 75.4 Å². The van der Waals surface area contributed by atoms with Crippen molar-refractivity contribution in [1.29, 1.82) is 0 Å². The highest BCUT2D eigenvalue weighted by Gasteiger charge is 2.20. The van der Waals surface area contributed by atoms with E-state index in [9.17, 15) is 8.42 Å². The summed E-state index contributed by atoms with van der Waals surface area (Å²) in [5, 5.41) is 0.580. The second-order valence-electron chi connectivity index (χ2n) is 4.56. The second-order valence-corrected chi connectivity index (χ2v) is 7.04. The summed E-state index contributed by atoms with van der Waals surface area (Å²) in [4.78, 5) is 0.214. The fourth-order valence-corrected chi connectivity index (χ4v) is 3.25. The Morgan fingerprint density at radius 2 is 1.86 bits per heavy atom. The molecule has 5 nitrogen and oxygen atoms in total. The molecular formula is C14H16ClN3O2S. The van der Waals surface area contributed by atoms with Crippen molar-refractivity contribution in [2.75, 3.05) is 12.5 Å². The van der Waals surface area contributed by atoms with Crippen molar-refractivity contribution in [2.24, 2.45) is 5.84 Å². The van der Waals surface area contributed by atoms with E-state index in [-0.39, 0.29) is 11.4 Å². The Balaban J connectivity index is 2.21. The predicted molar refractivity (Wildman–Crippen MR) is 84.4 cm³/mol. The Morgan fingerprint density at radius 3 is 2.43 bits per heavy atom. The normalized spacial score (nSPS) is 11.6. The molecule has 0 aliphatic carbocycles. The third kappa shape index (κ3) is 3.74. The summed E-state index contributed by atoms with van der Waals surface area (Å²) in [6, 6.07) is 13.4. The minimum absolute atomic E-state index is 0.214. The monoisotopic (exact) mass is 325 g/mol. The van der Waals surface area contributed by atoms with Crippen LogP contribution in [-0.2, 0) is 16.6 Å². The Hall–Kier alpha value is -1.60. The number of nitrogens with zero attached hydrogens (tertiary/aromatic N) is 1. The largest absolute Gasteiger partial charge is 0.324 e. The minimum Gasteiger partial charge on any atom is -0.324 e. The number of hydrogen-bond donors (Lipinski definition) is 2. The van der Waals surface area contributed by atoms with Crippen LogP contribution in [0.25, 0.3) is 0 Å². The lowest BCUT2D eigenvalue weighted by atomic mass is 10.2. The number of hydrazine groups is 1. The van der Waals surface area contributed by atoms with Gasteiger partial charge in [-0.15, -0.1) is 0 Å². The zero-order valence-corrected chi connectivity index (χ0v) is 13.0. The number of hydrogen-bond acceptors (Lipinski definition) is 4. The molecule has 0 radical (unpaired) electrons. The van der Waals surface area contributed by atoms with E-state index in [1.54, 1.807) is 30.3 Å². The van der Waals surface area contributed by atoms with E-state index in [0.29, 0.717) is 10.7 Å². The number of sulfonamides is 1. The van der Waals surface area contributed by atoms with Gasteiger partial charge in [0, 0.05) is 24.3 Å². The van der Waals surface area contributed by atoms with Crippen LogP contribution in [-0.4, -0.2) is 19.8 Å². The zero-order valence-electron chi connectivity index (χ0n) is 11.5.